The maximum atomic E-state index is 2.43. The highest BCUT2D eigenvalue weighted by Gasteiger charge is 2.31. The Kier molecular flexibility index (Phi) is 5.20. The Morgan fingerprint density at radius 1 is 0.667 bits per heavy atom. The Hall–Kier alpha value is -2.10. The van der Waals surface area contributed by atoms with Crippen LogP contribution in [0, 0.1) is 20.8 Å². The average molecular weight is 369 g/mol. The summed E-state index contributed by atoms with van der Waals surface area (Å²) in [6.45, 7) is 20.3. The fourth-order valence-corrected chi connectivity index (χ4v) is 4.77. The first-order valence-electron chi connectivity index (χ1n) is 10.2. The summed E-state index contributed by atoms with van der Waals surface area (Å²) in [5, 5.41) is 0. The highest BCUT2D eigenvalue weighted by Crippen LogP contribution is 2.41. The van der Waals surface area contributed by atoms with E-state index < -0.39 is 0 Å². The van der Waals surface area contributed by atoms with E-state index in [0.717, 1.165) is 0 Å². The van der Waals surface area contributed by atoms with Crippen molar-refractivity contribution < 1.29 is 0 Å². The monoisotopic (exact) mass is 368 g/mol. The molecule has 0 bridgehead atoms. The van der Waals surface area contributed by atoms with Crippen LogP contribution in [0.3, 0.4) is 0 Å². The molecule has 0 aromatic heterocycles. The van der Waals surface area contributed by atoms with Crippen LogP contribution in [0.1, 0.15) is 58.2 Å². The van der Waals surface area contributed by atoms with E-state index in [-0.39, 0.29) is 0 Å². The molecule has 3 rings (SSSR count). The minimum atomic E-state index is 0.330. The summed E-state index contributed by atoms with van der Waals surface area (Å²) in [6, 6.07) is 3.33. The van der Waals surface area contributed by atoms with Crippen LogP contribution in [-0.4, -0.2) is 34.2 Å². The second-order valence-corrected chi connectivity index (χ2v) is 8.59. The molecule has 0 unspecified atom stereocenters. The quantitative estimate of drug-likeness (QED) is 0.714. The van der Waals surface area contributed by atoms with E-state index in [0.29, 0.717) is 24.4 Å². The van der Waals surface area contributed by atoms with Gasteiger partial charge in [-0.25, -0.2) is 0 Å². The predicted octanol–water partition coefficient (Wildman–Crippen LogP) is 5.31. The smallest absolute Gasteiger partial charge is 0.103 e. The van der Waals surface area contributed by atoms with Gasteiger partial charge in [-0.15, -0.1) is 0 Å². The Bertz CT molecular complexity index is 702. The lowest BCUT2D eigenvalue weighted by molar-refractivity contribution is 0.262. The van der Waals surface area contributed by atoms with E-state index in [9.17, 15) is 0 Å². The number of benzene rings is 1. The zero-order valence-corrected chi connectivity index (χ0v) is 18.5. The third kappa shape index (κ3) is 3.19. The summed E-state index contributed by atoms with van der Waals surface area (Å²) >= 11 is 0. The van der Waals surface area contributed by atoms with Crippen molar-refractivity contribution in [2.75, 3.05) is 9.80 Å². The molecule has 0 saturated heterocycles. The summed E-state index contributed by atoms with van der Waals surface area (Å²) in [4.78, 5) is 9.69. The fourth-order valence-electron chi connectivity index (χ4n) is 4.77. The Balaban J connectivity index is 2.03. The molecule has 2 aliphatic heterocycles. The van der Waals surface area contributed by atoms with Crippen molar-refractivity contribution in [2.24, 2.45) is 0 Å². The second kappa shape index (κ2) is 7.14. The van der Waals surface area contributed by atoms with Gasteiger partial charge < -0.3 is 19.6 Å². The van der Waals surface area contributed by atoms with Crippen LogP contribution in [0.15, 0.2) is 30.9 Å². The maximum Gasteiger partial charge on any atom is 0.103 e. The van der Waals surface area contributed by atoms with E-state index in [1.54, 1.807) is 0 Å². The minimum Gasteiger partial charge on any atom is -0.353 e. The molecule has 4 heteroatoms. The molecule has 2 heterocycles. The molecule has 4 nitrogen and oxygen atoms in total. The van der Waals surface area contributed by atoms with Gasteiger partial charge in [0.1, 0.15) is 12.3 Å². The Morgan fingerprint density at radius 2 is 1.04 bits per heavy atom. The number of nitrogens with zero attached hydrogens (tertiary/aromatic N) is 4. The van der Waals surface area contributed by atoms with Crippen LogP contribution in [0.2, 0.25) is 0 Å². The van der Waals surface area contributed by atoms with Crippen molar-refractivity contribution in [1.82, 2.24) is 9.80 Å². The maximum absolute atomic E-state index is 2.43. The SMILES string of the molecule is Cc1cc(C)c(N2C=CN(C(C)C)[C@H]2C)c(C)c1N1C=CN(C(C)C)[C@@H]1C. The number of rotatable bonds is 4. The van der Waals surface area contributed by atoms with E-state index >= 15 is 0 Å². The zero-order valence-electron chi connectivity index (χ0n) is 18.5. The summed E-state index contributed by atoms with van der Waals surface area (Å²) in [5.41, 5.74) is 6.72. The zero-order chi connectivity index (χ0) is 20.0. The largest absolute Gasteiger partial charge is 0.353 e. The van der Waals surface area contributed by atoms with Crippen molar-refractivity contribution in [3.05, 3.63) is 47.6 Å². The third-order valence-electron chi connectivity index (χ3n) is 6.07. The van der Waals surface area contributed by atoms with E-state index in [1.807, 2.05) is 0 Å². The van der Waals surface area contributed by atoms with E-state index in [4.69, 9.17) is 0 Å². The van der Waals surface area contributed by atoms with Gasteiger partial charge in [-0.3, -0.25) is 0 Å². The Morgan fingerprint density at radius 3 is 1.33 bits per heavy atom. The van der Waals surface area contributed by atoms with Gasteiger partial charge in [0, 0.05) is 36.9 Å². The van der Waals surface area contributed by atoms with Gasteiger partial charge in [0.05, 0.1) is 11.4 Å². The number of hydrogen-bond donors (Lipinski definition) is 0. The molecule has 0 N–H and O–H groups in total. The first-order valence-corrected chi connectivity index (χ1v) is 10.2. The van der Waals surface area contributed by atoms with Gasteiger partial charge in [-0.2, -0.15) is 0 Å². The molecule has 148 valence electrons. The molecule has 0 amide bonds. The third-order valence-corrected chi connectivity index (χ3v) is 6.07. The summed E-state index contributed by atoms with van der Waals surface area (Å²) in [7, 11) is 0. The minimum absolute atomic E-state index is 0.330. The topological polar surface area (TPSA) is 13.0 Å². The van der Waals surface area contributed by atoms with Gasteiger partial charge in [-0.05, 0) is 79.0 Å². The molecule has 1 aromatic carbocycles. The predicted molar refractivity (Wildman–Crippen MR) is 117 cm³/mol. The van der Waals surface area contributed by atoms with Crippen molar-refractivity contribution in [2.45, 2.75) is 86.7 Å². The number of hydrogen-bond acceptors (Lipinski definition) is 4. The molecular formula is C23H36N4. The normalized spacial score (nSPS) is 22.3. The van der Waals surface area contributed by atoms with Crippen molar-refractivity contribution in [3.63, 3.8) is 0 Å². The average Bonchev–Trinajstić information content (AvgIpc) is 3.11. The van der Waals surface area contributed by atoms with Crippen LogP contribution in [0.25, 0.3) is 0 Å². The molecule has 2 atom stereocenters. The molecule has 0 spiro atoms. The van der Waals surface area contributed by atoms with E-state index in [2.05, 4.69) is 113 Å². The lowest BCUT2D eigenvalue weighted by Crippen LogP contribution is -2.41. The molecule has 1 aromatic rings. The van der Waals surface area contributed by atoms with Crippen molar-refractivity contribution >= 4 is 11.4 Å². The molecule has 2 aliphatic rings. The lowest BCUT2D eigenvalue weighted by Gasteiger charge is -2.37. The first kappa shape index (κ1) is 19.7. The van der Waals surface area contributed by atoms with Crippen molar-refractivity contribution in [3.8, 4) is 0 Å². The Labute approximate surface area is 165 Å². The molecule has 0 saturated carbocycles. The summed E-state index contributed by atoms with van der Waals surface area (Å²) < 4.78 is 0. The highest BCUT2D eigenvalue weighted by atomic mass is 15.4. The lowest BCUT2D eigenvalue weighted by atomic mass is 9.99. The van der Waals surface area contributed by atoms with Gasteiger partial charge in [0.15, 0.2) is 0 Å². The van der Waals surface area contributed by atoms with Gasteiger partial charge >= 0.3 is 0 Å². The summed E-state index contributed by atoms with van der Waals surface area (Å²) in [5.74, 6) is 0. The standard InChI is InChI=1S/C23H36N4/c1-15(2)24-10-12-26(20(24)8)22-17(5)14-18(6)23(19(22)7)27-13-11-25(16(3)4)21(27)9/h10-16,20-21H,1-9H3/t20-,21+. The molecule has 0 aliphatic carbocycles. The molecule has 0 fully saturated rings. The van der Waals surface area contributed by atoms with Gasteiger partial charge in [0.25, 0.3) is 0 Å². The van der Waals surface area contributed by atoms with Gasteiger partial charge in [-0.1, -0.05) is 6.07 Å². The first-order chi connectivity index (χ1) is 12.6. The second-order valence-electron chi connectivity index (χ2n) is 8.59. The number of aryl methyl sites for hydroxylation is 2. The van der Waals surface area contributed by atoms with Crippen LogP contribution >= 0.6 is 0 Å². The van der Waals surface area contributed by atoms with Crippen LogP contribution in [0.5, 0.6) is 0 Å². The fraction of sp³-hybridized carbons (Fsp3) is 0.565. The van der Waals surface area contributed by atoms with Gasteiger partial charge in [0.2, 0.25) is 0 Å². The highest BCUT2D eigenvalue weighted by molar-refractivity contribution is 5.76. The number of anilines is 2. The summed E-state index contributed by atoms with van der Waals surface area (Å²) in [6.07, 6.45) is 9.60. The van der Waals surface area contributed by atoms with Crippen LogP contribution in [0.4, 0.5) is 11.4 Å². The molecule has 0 radical (unpaired) electrons. The van der Waals surface area contributed by atoms with Crippen LogP contribution in [-0.2, 0) is 0 Å². The van der Waals surface area contributed by atoms with E-state index in [1.165, 1.54) is 28.1 Å². The van der Waals surface area contributed by atoms with Crippen LogP contribution < -0.4 is 9.80 Å². The van der Waals surface area contributed by atoms with Crippen molar-refractivity contribution in [1.29, 1.82) is 0 Å². The molecular weight excluding hydrogens is 332 g/mol. The molecule has 27 heavy (non-hydrogen) atoms.